The smallest absolute Gasteiger partial charge is 0.150 e. The van der Waals surface area contributed by atoms with Crippen molar-refractivity contribution in [3.05, 3.63) is 18.2 Å². The van der Waals surface area contributed by atoms with E-state index in [0.717, 1.165) is 38.1 Å². The van der Waals surface area contributed by atoms with Gasteiger partial charge in [0.05, 0.1) is 11.5 Å². The highest BCUT2D eigenvalue weighted by molar-refractivity contribution is 7.91. The molecule has 0 spiro atoms. The molecule has 0 radical (unpaired) electrons. The number of sulfone groups is 1. The maximum Gasteiger partial charge on any atom is 0.150 e. The highest BCUT2D eigenvalue weighted by Crippen LogP contribution is 2.12. The third kappa shape index (κ3) is 4.12. The number of hydrogen-bond donors (Lipinski definition) is 2. The van der Waals surface area contributed by atoms with Crippen molar-refractivity contribution in [1.29, 1.82) is 0 Å². The third-order valence-corrected chi connectivity index (χ3v) is 4.85. The van der Waals surface area contributed by atoms with E-state index >= 15 is 0 Å². The Labute approximate surface area is 102 Å². The van der Waals surface area contributed by atoms with Crippen LogP contribution in [0.4, 0.5) is 0 Å². The number of nitrogens with one attached hydrogen (secondary N) is 2. The zero-order valence-corrected chi connectivity index (χ0v) is 10.7. The number of aromatic nitrogens is 2. The molecule has 0 unspecified atom stereocenters. The lowest BCUT2D eigenvalue weighted by atomic mass is 10.1. The number of imidazole rings is 1. The molecule has 1 aromatic heterocycles. The summed E-state index contributed by atoms with van der Waals surface area (Å²) in [6.45, 7) is 0.922. The van der Waals surface area contributed by atoms with Gasteiger partial charge in [-0.05, 0) is 25.8 Å². The van der Waals surface area contributed by atoms with Crippen molar-refractivity contribution in [3.8, 4) is 0 Å². The van der Waals surface area contributed by atoms with E-state index in [9.17, 15) is 8.42 Å². The largest absolute Gasteiger partial charge is 0.349 e. The van der Waals surface area contributed by atoms with E-state index in [-0.39, 0.29) is 0 Å². The molecule has 0 amide bonds. The summed E-state index contributed by atoms with van der Waals surface area (Å²) in [5.41, 5.74) is 0. The molecular weight excluding hydrogens is 238 g/mol. The summed E-state index contributed by atoms with van der Waals surface area (Å²) in [4.78, 5) is 7.23. The van der Waals surface area contributed by atoms with Crippen LogP contribution >= 0.6 is 0 Å². The monoisotopic (exact) mass is 257 g/mol. The molecule has 0 bridgehead atoms. The standard InChI is InChI=1S/C11H19N3O2S/c15-17(16)8-3-10(4-9-17)12-5-1-2-11-13-6-7-14-11/h6-7,10,12H,1-5,8-9H2,(H,13,14). The van der Waals surface area contributed by atoms with Crippen molar-refractivity contribution in [2.24, 2.45) is 0 Å². The van der Waals surface area contributed by atoms with Crippen LogP contribution in [-0.2, 0) is 16.3 Å². The van der Waals surface area contributed by atoms with Crippen LogP contribution in [0.1, 0.15) is 25.1 Å². The van der Waals surface area contributed by atoms with Gasteiger partial charge in [0.2, 0.25) is 0 Å². The van der Waals surface area contributed by atoms with Crippen molar-refractivity contribution < 1.29 is 8.42 Å². The molecule has 17 heavy (non-hydrogen) atoms. The third-order valence-electron chi connectivity index (χ3n) is 3.13. The number of aryl methyl sites for hydroxylation is 1. The fourth-order valence-corrected chi connectivity index (χ4v) is 3.58. The zero-order chi connectivity index (χ0) is 12.1. The van der Waals surface area contributed by atoms with Crippen LogP contribution in [-0.4, -0.2) is 42.5 Å². The van der Waals surface area contributed by atoms with E-state index in [4.69, 9.17) is 0 Å². The molecule has 0 atom stereocenters. The molecule has 1 aliphatic heterocycles. The Hall–Kier alpha value is -0.880. The van der Waals surface area contributed by atoms with E-state index in [2.05, 4.69) is 15.3 Å². The Kier molecular flexibility index (Phi) is 4.17. The second kappa shape index (κ2) is 5.64. The van der Waals surface area contributed by atoms with Gasteiger partial charge >= 0.3 is 0 Å². The van der Waals surface area contributed by atoms with Gasteiger partial charge in [-0.15, -0.1) is 0 Å². The molecule has 0 aliphatic carbocycles. The van der Waals surface area contributed by atoms with Gasteiger partial charge in [-0.1, -0.05) is 0 Å². The van der Waals surface area contributed by atoms with Crippen LogP contribution in [0.5, 0.6) is 0 Å². The minimum absolute atomic E-state index is 0.336. The number of rotatable bonds is 5. The van der Waals surface area contributed by atoms with Crippen LogP contribution in [0.25, 0.3) is 0 Å². The first-order chi connectivity index (χ1) is 8.16. The molecular formula is C11H19N3O2S. The molecule has 0 aromatic carbocycles. The summed E-state index contributed by atoms with van der Waals surface area (Å²) in [5.74, 6) is 1.68. The molecule has 2 N–H and O–H groups in total. The predicted molar refractivity (Wildman–Crippen MR) is 66.6 cm³/mol. The predicted octanol–water partition coefficient (Wildman–Crippen LogP) is 0.509. The van der Waals surface area contributed by atoms with E-state index < -0.39 is 9.84 Å². The van der Waals surface area contributed by atoms with Crippen molar-refractivity contribution in [3.63, 3.8) is 0 Å². The Bertz CT molecular complexity index is 414. The SMILES string of the molecule is O=S1(=O)CCC(NCCCc2ncc[nH]2)CC1. The van der Waals surface area contributed by atoms with Gasteiger partial charge in [0, 0.05) is 24.9 Å². The first kappa shape index (κ1) is 12.6. The average molecular weight is 257 g/mol. The lowest BCUT2D eigenvalue weighted by Crippen LogP contribution is -2.38. The summed E-state index contributed by atoms with van der Waals surface area (Å²) in [6.07, 6.45) is 7.05. The fourth-order valence-electron chi connectivity index (χ4n) is 2.09. The Morgan fingerprint density at radius 2 is 2.18 bits per heavy atom. The van der Waals surface area contributed by atoms with Crippen LogP contribution in [0.2, 0.25) is 0 Å². The highest BCUT2D eigenvalue weighted by Gasteiger charge is 2.22. The first-order valence-corrected chi connectivity index (χ1v) is 7.90. The average Bonchev–Trinajstić information content (AvgIpc) is 2.79. The van der Waals surface area contributed by atoms with Crippen LogP contribution in [0.3, 0.4) is 0 Å². The van der Waals surface area contributed by atoms with Crippen LogP contribution in [0, 0.1) is 0 Å². The molecule has 1 saturated heterocycles. The van der Waals surface area contributed by atoms with Crippen molar-refractivity contribution in [1.82, 2.24) is 15.3 Å². The van der Waals surface area contributed by atoms with Gasteiger partial charge in [0.15, 0.2) is 0 Å². The van der Waals surface area contributed by atoms with E-state index in [0.29, 0.717) is 17.5 Å². The number of nitrogens with zero attached hydrogens (tertiary/aromatic N) is 1. The Morgan fingerprint density at radius 1 is 1.41 bits per heavy atom. The van der Waals surface area contributed by atoms with Gasteiger partial charge in [0.25, 0.3) is 0 Å². The second-order valence-electron chi connectivity index (χ2n) is 4.52. The molecule has 1 aliphatic rings. The molecule has 1 fully saturated rings. The van der Waals surface area contributed by atoms with Crippen LogP contribution in [0.15, 0.2) is 12.4 Å². The molecule has 2 rings (SSSR count). The molecule has 0 saturated carbocycles. The van der Waals surface area contributed by atoms with Gasteiger partial charge in [-0.2, -0.15) is 0 Å². The molecule has 2 heterocycles. The molecule has 1 aromatic rings. The van der Waals surface area contributed by atoms with Gasteiger partial charge in [-0.25, -0.2) is 13.4 Å². The van der Waals surface area contributed by atoms with Crippen molar-refractivity contribution in [2.45, 2.75) is 31.7 Å². The molecule has 96 valence electrons. The minimum atomic E-state index is -2.74. The van der Waals surface area contributed by atoms with Gasteiger partial charge in [-0.3, -0.25) is 0 Å². The van der Waals surface area contributed by atoms with E-state index in [1.165, 1.54) is 0 Å². The topological polar surface area (TPSA) is 74.8 Å². The van der Waals surface area contributed by atoms with Crippen molar-refractivity contribution in [2.75, 3.05) is 18.1 Å². The summed E-state index contributed by atoms with van der Waals surface area (Å²) in [6, 6.07) is 0.370. The van der Waals surface area contributed by atoms with Gasteiger partial charge < -0.3 is 10.3 Å². The first-order valence-electron chi connectivity index (χ1n) is 6.08. The summed E-state index contributed by atoms with van der Waals surface area (Å²) < 4.78 is 22.5. The maximum absolute atomic E-state index is 11.2. The summed E-state index contributed by atoms with van der Waals surface area (Å²) in [5, 5.41) is 3.42. The minimum Gasteiger partial charge on any atom is -0.349 e. The lowest BCUT2D eigenvalue weighted by molar-refractivity contribution is 0.459. The fraction of sp³-hybridized carbons (Fsp3) is 0.727. The van der Waals surface area contributed by atoms with E-state index in [1.54, 1.807) is 6.20 Å². The Morgan fingerprint density at radius 3 is 2.82 bits per heavy atom. The molecule has 6 heteroatoms. The van der Waals surface area contributed by atoms with Crippen molar-refractivity contribution >= 4 is 9.84 Å². The maximum atomic E-state index is 11.2. The normalized spacial score (nSPS) is 20.5. The zero-order valence-electron chi connectivity index (χ0n) is 9.85. The molecule has 5 nitrogen and oxygen atoms in total. The quantitative estimate of drug-likeness (QED) is 0.754. The number of hydrogen-bond acceptors (Lipinski definition) is 4. The summed E-state index contributed by atoms with van der Waals surface area (Å²) >= 11 is 0. The lowest BCUT2D eigenvalue weighted by Gasteiger charge is -2.22. The van der Waals surface area contributed by atoms with Gasteiger partial charge in [0.1, 0.15) is 15.7 Å². The second-order valence-corrected chi connectivity index (χ2v) is 6.82. The van der Waals surface area contributed by atoms with Crippen LogP contribution < -0.4 is 5.32 Å². The Balaban J connectivity index is 1.60. The highest BCUT2D eigenvalue weighted by atomic mass is 32.2. The number of H-pyrrole nitrogens is 1. The summed E-state index contributed by atoms with van der Waals surface area (Å²) in [7, 11) is -2.74. The number of aromatic amines is 1. The van der Waals surface area contributed by atoms with E-state index in [1.807, 2.05) is 6.20 Å².